The molecule has 5 nitrogen and oxygen atoms in total. The molecule has 0 unspecified atom stereocenters. The largest absolute Gasteiger partial charge is 0.358 e. The fourth-order valence-corrected chi connectivity index (χ4v) is 6.73. The number of para-hydroxylation sites is 1. The zero-order valence-corrected chi connectivity index (χ0v) is 20.8. The average Bonchev–Trinajstić information content (AvgIpc) is 3.45. The van der Waals surface area contributed by atoms with Crippen molar-refractivity contribution in [2.75, 3.05) is 5.32 Å². The molecule has 4 atom stereocenters. The van der Waals surface area contributed by atoms with Crippen molar-refractivity contribution >= 4 is 29.2 Å². The van der Waals surface area contributed by atoms with Crippen LogP contribution in [0.5, 0.6) is 0 Å². The molecule has 0 bridgehead atoms. The highest BCUT2D eigenvalue weighted by molar-refractivity contribution is 6.16. The van der Waals surface area contributed by atoms with Crippen molar-refractivity contribution in [3.63, 3.8) is 0 Å². The summed E-state index contributed by atoms with van der Waals surface area (Å²) in [5.74, 6) is -2.51. The van der Waals surface area contributed by atoms with Gasteiger partial charge >= 0.3 is 0 Å². The Morgan fingerprint density at radius 3 is 2.23 bits per heavy atom. The summed E-state index contributed by atoms with van der Waals surface area (Å²) in [7, 11) is 0. The Balaban J connectivity index is 1.54. The van der Waals surface area contributed by atoms with E-state index in [-0.39, 0.29) is 23.0 Å². The van der Waals surface area contributed by atoms with Gasteiger partial charge in [-0.25, -0.2) is 4.39 Å². The summed E-state index contributed by atoms with van der Waals surface area (Å²) in [6.45, 7) is 0. The second-order valence-electron chi connectivity index (χ2n) is 10.2. The first kappa shape index (κ1) is 23.3. The van der Waals surface area contributed by atoms with Crippen LogP contribution in [0.25, 0.3) is 6.08 Å². The maximum absolute atomic E-state index is 14.6. The van der Waals surface area contributed by atoms with Crippen molar-refractivity contribution in [2.24, 2.45) is 5.92 Å². The van der Waals surface area contributed by atoms with E-state index in [1.165, 1.54) is 24.3 Å². The third-order valence-corrected chi connectivity index (χ3v) is 8.31. The number of nitrogens with zero attached hydrogens (tertiary/aromatic N) is 1. The summed E-state index contributed by atoms with van der Waals surface area (Å²) >= 11 is 0. The van der Waals surface area contributed by atoms with E-state index in [9.17, 15) is 18.8 Å². The Labute approximate surface area is 224 Å². The minimum Gasteiger partial charge on any atom is -0.358 e. The molecule has 0 aliphatic carbocycles. The molecule has 190 valence electrons. The number of anilines is 1. The molecule has 7 rings (SSSR count). The van der Waals surface area contributed by atoms with E-state index >= 15 is 0 Å². The first-order chi connectivity index (χ1) is 19.0. The third-order valence-electron chi connectivity index (χ3n) is 8.31. The van der Waals surface area contributed by atoms with Crippen molar-refractivity contribution in [3.05, 3.63) is 143 Å². The van der Waals surface area contributed by atoms with Gasteiger partial charge in [0.2, 0.25) is 5.91 Å². The number of nitrogens with one attached hydrogen (secondary N) is 1. The van der Waals surface area contributed by atoms with Crippen LogP contribution in [-0.2, 0) is 10.2 Å². The minimum absolute atomic E-state index is 0.251. The lowest BCUT2D eigenvalue weighted by Crippen LogP contribution is -2.49. The number of fused-ring (bicyclic) bond motifs is 6. The molecule has 6 heteroatoms. The maximum Gasteiger partial charge on any atom is 0.238 e. The lowest BCUT2D eigenvalue weighted by Gasteiger charge is -2.38. The highest BCUT2D eigenvalue weighted by Gasteiger charge is 2.70. The Hall–Kier alpha value is -4.84. The van der Waals surface area contributed by atoms with Crippen LogP contribution in [0.1, 0.15) is 43.4 Å². The number of ketones is 2. The second kappa shape index (κ2) is 8.60. The normalized spacial score (nSPS) is 24.2. The minimum atomic E-state index is -1.40. The number of hydrogen-bond donors (Lipinski definition) is 1. The van der Waals surface area contributed by atoms with Crippen LogP contribution in [0.2, 0.25) is 0 Å². The molecule has 3 heterocycles. The predicted molar refractivity (Wildman–Crippen MR) is 146 cm³/mol. The second-order valence-corrected chi connectivity index (χ2v) is 10.2. The van der Waals surface area contributed by atoms with Crippen molar-refractivity contribution in [3.8, 4) is 0 Å². The first-order valence-electron chi connectivity index (χ1n) is 12.9. The number of benzene rings is 4. The van der Waals surface area contributed by atoms with Gasteiger partial charge in [0.1, 0.15) is 17.3 Å². The van der Waals surface area contributed by atoms with E-state index < -0.39 is 29.2 Å². The van der Waals surface area contributed by atoms with E-state index in [0.717, 1.165) is 11.1 Å². The molecule has 1 N–H and O–H groups in total. The Kier molecular flexibility index (Phi) is 5.13. The molecule has 4 aromatic carbocycles. The van der Waals surface area contributed by atoms with Gasteiger partial charge in [-0.3, -0.25) is 14.4 Å². The quantitative estimate of drug-likeness (QED) is 0.349. The molecule has 1 spiro atoms. The number of halogens is 1. The molecule has 3 aliphatic rings. The topological polar surface area (TPSA) is 66.5 Å². The lowest BCUT2D eigenvalue weighted by molar-refractivity contribution is -0.122. The van der Waals surface area contributed by atoms with E-state index in [4.69, 9.17) is 0 Å². The lowest BCUT2D eigenvalue weighted by atomic mass is 9.62. The van der Waals surface area contributed by atoms with Crippen LogP contribution < -0.4 is 5.32 Å². The Morgan fingerprint density at radius 2 is 1.44 bits per heavy atom. The average molecular weight is 515 g/mol. The highest BCUT2D eigenvalue weighted by atomic mass is 19.1. The number of rotatable bonds is 4. The Morgan fingerprint density at radius 1 is 0.769 bits per heavy atom. The van der Waals surface area contributed by atoms with Gasteiger partial charge in [-0.2, -0.15) is 0 Å². The predicted octanol–water partition coefficient (Wildman–Crippen LogP) is 5.81. The van der Waals surface area contributed by atoms with Gasteiger partial charge in [-0.05, 0) is 53.1 Å². The molecular weight excluding hydrogens is 491 g/mol. The van der Waals surface area contributed by atoms with Gasteiger partial charge in [0, 0.05) is 23.0 Å². The van der Waals surface area contributed by atoms with E-state index in [0.29, 0.717) is 16.8 Å². The van der Waals surface area contributed by atoms with Crippen molar-refractivity contribution < 1.29 is 18.8 Å². The zero-order chi connectivity index (χ0) is 26.7. The fourth-order valence-electron chi connectivity index (χ4n) is 6.73. The van der Waals surface area contributed by atoms with Gasteiger partial charge in [-0.1, -0.05) is 72.8 Å². The summed E-state index contributed by atoms with van der Waals surface area (Å²) in [6, 6.07) is 27.7. The summed E-state index contributed by atoms with van der Waals surface area (Å²) < 4.78 is 13.9. The van der Waals surface area contributed by atoms with Crippen LogP contribution in [0, 0.1) is 11.7 Å². The molecule has 1 amide bonds. The molecule has 0 radical (unpaired) electrons. The summed E-state index contributed by atoms with van der Waals surface area (Å²) in [5, 5.41) is 3.03. The van der Waals surface area contributed by atoms with E-state index in [2.05, 4.69) is 5.32 Å². The monoisotopic (exact) mass is 514 g/mol. The first-order valence-corrected chi connectivity index (χ1v) is 12.9. The van der Waals surface area contributed by atoms with E-state index in [1.807, 2.05) is 71.8 Å². The number of amides is 1. The van der Waals surface area contributed by atoms with Crippen LogP contribution in [0.3, 0.4) is 0 Å². The molecule has 1 saturated heterocycles. The molecule has 4 aromatic rings. The zero-order valence-electron chi connectivity index (χ0n) is 20.8. The highest BCUT2D eigenvalue weighted by Crippen LogP contribution is 2.62. The third kappa shape index (κ3) is 3.21. The number of carbonyl (C=O) groups excluding carboxylic acids is 3. The molecule has 39 heavy (non-hydrogen) atoms. The van der Waals surface area contributed by atoms with Crippen LogP contribution in [-0.4, -0.2) is 28.4 Å². The number of Topliss-reactive ketones (excluding diaryl/α,β-unsaturated/α-hetero) is 2. The molecule has 3 aliphatic heterocycles. The van der Waals surface area contributed by atoms with Crippen molar-refractivity contribution in [1.82, 2.24) is 4.90 Å². The maximum atomic E-state index is 14.6. The van der Waals surface area contributed by atoms with Crippen molar-refractivity contribution in [1.29, 1.82) is 0 Å². The van der Waals surface area contributed by atoms with Crippen molar-refractivity contribution in [2.45, 2.75) is 17.5 Å². The smallest absolute Gasteiger partial charge is 0.238 e. The van der Waals surface area contributed by atoms with Crippen LogP contribution in [0.4, 0.5) is 10.1 Å². The van der Waals surface area contributed by atoms with E-state index in [1.54, 1.807) is 24.3 Å². The summed E-state index contributed by atoms with van der Waals surface area (Å²) in [5.41, 5.74) is 2.40. The van der Waals surface area contributed by atoms with Gasteiger partial charge in [0.15, 0.2) is 11.6 Å². The molecule has 1 fully saturated rings. The summed E-state index contributed by atoms with van der Waals surface area (Å²) in [6.07, 6.45) is 3.76. The number of carbonyl (C=O) groups is 3. The van der Waals surface area contributed by atoms with Gasteiger partial charge in [0.05, 0.1) is 12.0 Å². The van der Waals surface area contributed by atoms with Gasteiger partial charge < -0.3 is 10.2 Å². The standard InChI is InChI=1S/C33H23FN2O3/c34-23-16-14-22(15-17-23)29(37)27-28(30(38)21-9-2-1-3-10-21)36-19-18-20-8-4-5-11-24(20)31(36)33(27)25-12-6-7-13-26(25)35-32(33)39/h1-19,27-28,31H,(H,35,39)/t27-,28-,31-,33+/m1/s1. The van der Waals surface area contributed by atoms with Crippen LogP contribution >= 0.6 is 0 Å². The van der Waals surface area contributed by atoms with Crippen LogP contribution in [0.15, 0.2) is 109 Å². The fraction of sp³-hybridized carbons (Fsp3) is 0.121. The SMILES string of the molecule is O=C(c1ccccc1)[C@H]1[C@H](C(=O)c2ccc(F)cc2)[C@]2(C(=O)Nc3ccccc32)[C@H]2c3ccccc3C=CN12. The molecular formula is C33H23FN2O3. The van der Waals surface area contributed by atoms with Gasteiger partial charge in [-0.15, -0.1) is 0 Å². The Bertz CT molecular complexity index is 1680. The molecule has 0 aromatic heterocycles. The summed E-state index contributed by atoms with van der Waals surface area (Å²) in [4.78, 5) is 45.2. The number of hydrogen-bond acceptors (Lipinski definition) is 4. The molecule has 0 saturated carbocycles. The van der Waals surface area contributed by atoms with Gasteiger partial charge in [0.25, 0.3) is 0 Å².